The van der Waals surface area contributed by atoms with Crippen molar-refractivity contribution in [2.75, 3.05) is 13.3 Å². The van der Waals surface area contributed by atoms with Crippen LogP contribution in [-0.2, 0) is 24.0 Å². The van der Waals surface area contributed by atoms with Crippen molar-refractivity contribution in [2.24, 2.45) is 0 Å². The molecule has 27 heavy (non-hydrogen) atoms. The predicted molar refractivity (Wildman–Crippen MR) is 90.3 cm³/mol. The summed E-state index contributed by atoms with van der Waals surface area (Å²) in [7, 11) is 0. The molecule has 150 valence electrons. The monoisotopic (exact) mass is 385 g/mol. The molecular formula is C15H23N5O7. The van der Waals surface area contributed by atoms with Crippen molar-refractivity contribution in [3.8, 4) is 0 Å². The van der Waals surface area contributed by atoms with Crippen molar-refractivity contribution in [3.05, 3.63) is 28.3 Å². The smallest absolute Gasteiger partial charge is 0.307 e. The van der Waals surface area contributed by atoms with Crippen molar-refractivity contribution in [1.82, 2.24) is 20.6 Å². The van der Waals surface area contributed by atoms with Crippen LogP contribution in [0.3, 0.4) is 0 Å². The van der Waals surface area contributed by atoms with E-state index in [9.17, 15) is 24.5 Å². The number of carbonyl (C=O) groups is 3. The van der Waals surface area contributed by atoms with Crippen LogP contribution in [0, 0.1) is 10.1 Å². The normalized spacial score (nSPS) is 11.3. The van der Waals surface area contributed by atoms with Gasteiger partial charge in [-0.15, -0.1) is 10.1 Å². The molecule has 0 fully saturated rings. The quantitative estimate of drug-likeness (QED) is 0.144. The minimum absolute atomic E-state index is 0.0814. The van der Waals surface area contributed by atoms with Crippen molar-refractivity contribution in [2.45, 2.75) is 45.1 Å². The summed E-state index contributed by atoms with van der Waals surface area (Å²) in [5.41, 5.74) is 0.473. The number of nitrogens with zero attached hydrogens (tertiary/aromatic N) is 2. The minimum Gasteiger partial charge on any atom is -0.444 e. The molecule has 1 aromatic rings. The third kappa shape index (κ3) is 9.77. The number of H-pyrrole nitrogens is 1. The van der Waals surface area contributed by atoms with Crippen LogP contribution in [0.4, 0.5) is 0 Å². The van der Waals surface area contributed by atoms with Crippen LogP contribution in [0.2, 0.25) is 0 Å². The second-order valence-electron chi connectivity index (χ2n) is 5.45. The zero-order valence-electron chi connectivity index (χ0n) is 14.9. The van der Waals surface area contributed by atoms with E-state index in [1.54, 1.807) is 13.1 Å². The fraction of sp³-hybridized carbons (Fsp3) is 0.600. The van der Waals surface area contributed by atoms with Gasteiger partial charge >= 0.3 is 5.97 Å². The van der Waals surface area contributed by atoms with Crippen molar-refractivity contribution >= 4 is 17.8 Å². The van der Waals surface area contributed by atoms with Gasteiger partial charge in [-0.2, -0.15) is 0 Å². The fourth-order valence-corrected chi connectivity index (χ4v) is 2.04. The van der Waals surface area contributed by atoms with Crippen LogP contribution in [0.1, 0.15) is 50.8 Å². The first-order valence-electron chi connectivity index (χ1n) is 8.40. The summed E-state index contributed by atoms with van der Waals surface area (Å²) < 4.78 is 4.77. The molecule has 1 rings (SSSR count). The van der Waals surface area contributed by atoms with Gasteiger partial charge in [0.1, 0.15) is 0 Å². The van der Waals surface area contributed by atoms with Crippen molar-refractivity contribution in [1.29, 1.82) is 0 Å². The maximum Gasteiger partial charge on any atom is 0.307 e. The minimum atomic E-state index is -0.885. The summed E-state index contributed by atoms with van der Waals surface area (Å²) in [6.45, 7) is 1.31. The van der Waals surface area contributed by atoms with E-state index in [4.69, 9.17) is 4.74 Å². The molecule has 1 atom stereocenters. The van der Waals surface area contributed by atoms with E-state index in [0.717, 1.165) is 0 Å². The maximum atomic E-state index is 12.0. The van der Waals surface area contributed by atoms with Gasteiger partial charge in [-0.3, -0.25) is 14.4 Å². The number of hydrogen-bond donors (Lipinski definition) is 3. The first-order chi connectivity index (χ1) is 12.9. The van der Waals surface area contributed by atoms with Gasteiger partial charge < -0.3 is 25.2 Å². The zero-order chi connectivity index (χ0) is 20.1. The van der Waals surface area contributed by atoms with E-state index in [-0.39, 0.29) is 38.5 Å². The number of unbranched alkanes of at least 4 members (excludes halogenated alkanes) is 1. The number of hydrogen-bond acceptors (Lipinski definition) is 8. The average molecular weight is 385 g/mol. The lowest BCUT2D eigenvalue weighted by atomic mass is 10.1. The van der Waals surface area contributed by atoms with Gasteiger partial charge in [0.05, 0.1) is 31.1 Å². The van der Waals surface area contributed by atoms with E-state index < -0.39 is 23.0 Å². The molecule has 0 saturated carbocycles. The van der Waals surface area contributed by atoms with Crippen LogP contribution in [-0.4, -0.2) is 46.2 Å². The van der Waals surface area contributed by atoms with E-state index in [1.807, 2.05) is 0 Å². The molecule has 0 aliphatic rings. The molecule has 1 heterocycles. The molecule has 0 aliphatic carbocycles. The van der Waals surface area contributed by atoms with Gasteiger partial charge in [0.15, 0.2) is 6.73 Å². The number of ether oxygens (including phenoxy) is 1. The second kappa shape index (κ2) is 12.2. The average Bonchev–Trinajstić information content (AvgIpc) is 3.15. The number of carbonyl (C=O) groups excluding carboxylic acids is 3. The summed E-state index contributed by atoms with van der Waals surface area (Å²) in [6, 6.07) is -0.666. The number of aromatic nitrogens is 2. The lowest BCUT2D eigenvalue weighted by Gasteiger charge is -2.17. The Morgan fingerprint density at radius 2 is 2.11 bits per heavy atom. The molecule has 2 amide bonds. The van der Waals surface area contributed by atoms with Gasteiger partial charge in [-0.05, 0) is 12.8 Å². The predicted octanol–water partition coefficient (Wildman–Crippen LogP) is 0.363. The standard InChI is InChI=1S/C15H23N5O7/c1-2-15(23)26-10-18-14(22)7-11(12-8-16-9-17-12)19-13(21)5-3-4-6-27-20(24)25/h8-9,11H,2-7,10H2,1H3,(H,16,17)(H,18,22)(H,19,21)/t11-/m0/s1. The molecule has 12 heteroatoms. The summed E-state index contributed by atoms with van der Waals surface area (Å²) in [5.74, 6) is -1.19. The first-order valence-corrected chi connectivity index (χ1v) is 8.40. The molecule has 12 nitrogen and oxygen atoms in total. The Labute approximate surface area is 155 Å². The Hall–Kier alpha value is -3.18. The molecule has 3 N–H and O–H groups in total. The van der Waals surface area contributed by atoms with E-state index in [1.165, 1.54) is 6.33 Å². The summed E-state index contributed by atoms with van der Waals surface area (Å²) >= 11 is 0. The highest BCUT2D eigenvalue weighted by atomic mass is 16.9. The SMILES string of the molecule is CCC(=O)OCNC(=O)C[C@H](NC(=O)CCCCO[N+](=O)[O-])c1c[nH]cn1. The molecular weight excluding hydrogens is 362 g/mol. The number of nitrogens with one attached hydrogen (secondary N) is 3. The third-order valence-corrected chi connectivity index (χ3v) is 3.39. The fourth-order valence-electron chi connectivity index (χ4n) is 2.04. The van der Waals surface area contributed by atoms with Crippen molar-refractivity contribution in [3.63, 3.8) is 0 Å². The van der Waals surface area contributed by atoms with E-state index >= 15 is 0 Å². The summed E-state index contributed by atoms with van der Waals surface area (Å²) in [4.78, 5) is 56.1. The van der Waals surface area contributed by atoms with Gasteiger partial charge in [0.25, 0.3) is 5.09 Å². The van der Waals surface area contributed by atoms with Gasteiger partial charge in [0.2, 0.25) is 11.8 Å². The molecule has 0 saturated heterocycles. The van der Waals surface area contributed by atoms with Crippen LogP contribution >= 0.6 is 0 Å². The zero-order valence-corrected chi connectivity index (χ0v) is 14.9. The molecule has 0 unspecified atom stereocenters. The second-order valence-corrected chi connectivity index (χ2v) is 5.45. The molecule has 0 spiro atoms. The van der Waals surface area contributed by atoms with Gasteiger partial charge in [0, 0.05) is 19.0 Å². The number of esters is 1. The highest BCUT2D eigenvalue weighted by Crippen LogP contribution is 2.14. The lowest BCUT2D eigenvalue weighted by Crippen LogP contribution is -2.35. The highest BCUT2D eigenvalue weighted by Gasteiger charge is 2.20. The van der Waals surface area contributed by atoms with Crippen LogP contribution in [0.15, 0.2) is 12.5 Å². The Morgan fingerprint density at radius 1 is 1.33 bits per heavy atom. The van der Waals surface area contributed by atoms with Gasteiger partial charge in [-0.1, -0.05) is 6.92 Å². The number of aromatic amines is 1. The maximum absolute atomic E-state index is 12.0. The Bertz CT molecular complexity index is 620. The number of rotatable bonds is 13. The third-order valence-electron chi connectivity index (χ3n) is 3.39. The van der Waals surface area contributed by atoms with Gasteiger partial charge in [-0.25, -0.2) is 4.98 Å². The summed E-state index contributed by atoms with van der Waals surface area (Å²) in [5, 5.41) is 14.3. The van der Waals surface area contributed by atoms with Crippen molar-refractivity contribution < 1.29 is 29.0 Å². The Kier molecular flexibility index (Phi) is 9.89. The summed E-state index contributed by atoms with van der Waals surface area (Å²) in [6.07, 6.45) is 3.96. The molecule has 0 aliphatic heterocycles. The van der Waals surface area contributed by atoms with Crippen LogP contribution < -0.4 is 10.6 Å². The first kappa shape index (κ1) is 21.9. The Balaban J connectivity index is 2.43. The molecule has 0 radical (unpaired) electrons. The highest BCUT2D eigenvalue weighted by molar-refractivity contribution is 5.80. The topological polar surface area (TPSA) is 166 Å². The van der Waals surface area contributed by atoms with E-state index in [0.29, 0.717) is 18.5 Å². The molecule has 0 bridgehead atoms. The van der Waals surface area contributed by atoms with E-state index in [2.05, 4.69) is 25.4 Å². The van der Waals surface area contributed by atoms with Crippen LogP contribution in [0.5, 0.6) is 0 Å². The largest absolute Gasteiger partial charge is 0.444 e. The molecule has 1 aromatic heterocycles. The lowest BCUT2D eigenvalue weighted by molar-refractivity contribution is -0.757. The van der Waals surface area contributed by atoms with Crippen LogP contribution in [0.25, 0.3) is 0 Å². The number of amides is 2. The number of imidazole rings is 1. The Morgan fingerprint density at radius 3 is 2.74 bits per heavy atom. The molecule has 0 aromatic carbocycles.